The molecule has 0 bridgehead atoms. The lowest BCUT2D eigenvalue weighted by molar-refractivity contribution is -0.170. The topological polar surface area (TPSA) is 84.0 Å². The molecule has 2 heterocycles. The van der Waals surface area contributed by atoms with Crippen LogP contribution in [-0.4, -0.2) is 55.8 Å². The molecule has 0 aromatic heterocycles. The molecule has 0 N–H and O–H groups in total. The number of carbonyl (C=O) groups is 4. The molecule has 10 heteroatoms. The summed E-state index contributed by atoms with van der Waals surface area (Å²) in [5.41, 5.74) is 0.742. The third-order valence-corrected chi connectivity index (χ3v) is 9.20. The molecule has 2 aliphatic heterocycles. The molecule has 2 aliphatic rings. The zero-order chi connectivity index (χ0) is 27.9. The first-order valence-corrected chi connectivity index (χ1v) is 14.3. The van der Waals surface area contributed by atoms with Crippen LogP contribution in [0.25, 0.3) is 0 Å². The van der Waals surface area contributed by atoms with E-state index in [-0.39, 0.29) is 11.1 Å². The maximum Gasteiger partial charge on any atom is 0.331 e. The number of carbonyl (C=O) groups excluding carboxylic acids is 4. The molecule has 3 unspecified atom stereocenters. The van der Waals surface area contributed by atoms with Crippen LogP contribution in [0.4, 0.5) is 0 Å². The van der Waals surface area contributed by atoms with Crippen LogP contribution in [0.3, 0.4) is 0 Å². The Labute approximate surface area is 239 Å². The minimum Gasteiger partial charge on any atom is -0.451 e. The predicted octanol–water partition coefficient (Wildman–Crippen LogP) is 5.43. The van der Waals surface area contributed by atoms with Gasteiger partial charge >= 0.3 is 5.97 Å². The molecule has 1 saturated heterocycles. The third-order valence-electron chi connectivity index (χ3n) is 6.93. The third kappa shape index (κ3) is 4.71. The maximum absolute atomic E-state index is 13.9. The standard InChI is InChI=1S/C29H24Cl2N2O5S/c1-29(2,39-31)23(28(37)38-22(17-11-5-3-6-12-17)18-13-7-4-8-14-18)33-24(30)21(27(33)36)32-25(34)19-15-9-10-16-20(19)26(32)35/h3-16,21-24H,1-2H3. The van der Waals surface area contributed by atoms with E-state index in [2.05, 4.69) is 0 Å². The van der Waals surface area contributed by atoms with Crippen molar-refractivity contribution in [3.05, 3.63) is 107 Å². The van der Waals surface area contributed by atoms with Crippen LogP contribution in [-0.2, 0) is 14.3 Å². The zero-order valence-electron chi connectivity index (χ0n) is 21.0. The number of hydrogen-bond acceptors (Lipinski definition) is 6. The molecule has 0 radical (unpaired) electrons. The van der Waals surface area contributed by atoms with Crippen molar-refractivity contribution < 1.29 is 23.9 Å². The summed E-state index contributed by atoms with van der Waals surface area (Å²) in [4.78, 5) is 55.5. The van der Waals surface area contributed by atoms with E-state index in [1.54, 1.807) is 26.0 Å². The van der Waals surface area contributed by atoms with Gasteiger partial charge in [0.15, 0.2) is 12.1 Å². The first-order chi connectivity index (χ1) is 18.7. The van der Waals surface area contributed by atoms with Crippen LogP contribution < -0.4 is 0 Å². The molecule has 200 valence electrons. The molecule has 5 rings (SSSR count). The SMILES string of the molecule is CC(C)(SCl)C(C(=O)OC(c1ccccc1)c1ccccc1)N1C(=O)C(N2C(=O)c3ccccc3C2=O)C1Cl. The average molecular weight is 583 g/mol. The van der Waals surface area contributed by atoms with Gasteiger partial charge in [-0.15, -0.1) is 0 Å². The normalized spacial score (nSPS) is 19.7. The molecular formula is C29H24Cl2N2O5S. The number of nitrogens with zero attached hydrogens (tertiary/aromatic N) is 2. The monoisotopic (exact) mass is 582 g/mol. The lowest BCUT2D eigenvalue weighted by Crippen LogP contribution is -2.75. The van der Waals surface area contributed by atoms with E-state index in [4.69, 9.17) is 27.0 Å². The van der Waals surface area contributed by atoms with Crippen molar-refractivity contribution in [2.75, 3.05) is 0 Å². The molecule has 1 fully saturated rings. The van der Waals surface area contributed by atoms with Crippen molar-refractivity contribution in [2.45, 2.75) is 42.3 Å². The van der Waals surface area contributed by atoms with Crippen molar-refractivity contribution in [3.63, 3.8) is 0 Å². The van der Waals surface area contributed by atoms with Gasteiger partial charge in [0.2, 0.25) is 0 Å². The summed E-state index contributed by atoms with van der Waals surface area (Å²) in [6.07, 6.45) is -0.754. The molecule has 0 spiro atoms. The van der Waals surface area contributed by atoms with E-state index in [0.717, 1.165) is 31.9 Å². The molecular weight excluding hydrogens is 559 g/mol. The first kappa shape index (κ1) is 27.2. The predicted molar refractivity (Wildman–Crippen MR) is 149 cm³/mol. The highest BCUT2D eigenvalue weighted by molar-refractivity contribution is 8.22. The van der Waals surface area contributed by atoms with Gasteiger partial charge in [-0.3, -0.25) is 19.3 Å². The van der Waals surface area contributed by atoms with Crippen LogP contribution in [0.5, 0.6) is 0 Å². The number of amides is 3. The summed E-state index contributed by atoms with van der Waals surface area (Å²) in [6.45, 7) is 3.39. The Kier molecular flexibility index (Phi) is 7.46. The number of imide groups is 1. The molecule has 3 aromatic carbocycles. The van der Waals surface area contributed by atoms with Crippen molar-refractivity contribution in [2.24, 2.45) is 0 Å². The number of alkyl halides is 1. The van der Waals surface area contributed by atoms with Gasteiger partial charge in [0, 0.05) is 0 Å². The van der Waals surface area contributed by atoms with Crippen LogP contribution >= 0.6 is 33.3 Å². The highest BCUT2D eigenvalue weighted by atomic mass is 35.7. The zero-order valence-corrected chi connectivity index (χ0v) is 23.3. The molecule has 7 nitrogen and oxygen atoms in total. The van der Waals surface area contributed by atoms with Gasteiger partial charge in [0.1, 0.15) is 11.5 Å². The Morgan fingerprint density at radius 3 is 1.74 bits per heavy atom. The Morgan fingerprint density at radius 2 is 1.31 bits per heavy atom. The van der Waals surface area contributed by atoms with E-state index in [1.165, 1.54) is 12.1 Å². The molecule has 0 aliphatic carbocycles. The number of rotatable bonds is 8. The number of β-lactam (4-membered cyclic amide) rings is 1. The highest BCUT2D eigenvalue weighted by Crippen LogP contribution is 2.43. The second-order valence-corrected chi connectivity index (χ2v) is 11.9. The smallest absolute Gasteiger partial charge is 0.331 e. The van der Waals surface area contributed by atoms with Crippen molar-refractivity contribution in [1.82, 2.24) is 9.80 Å². The van der Waals surface area contributed by atoms with E-state index < -0.39 is 52.1 Å². The number of esters is 1. The summed E-state index contributed by atoms with van der Waals surface area (Å²) < 4.78 is 5.03. The number of fused-ring (bicyclic) bond motifs is 1. The first-order valence-electron chi connectivity index (χ1n) is 12.2. The Bertz CT molecular complexity index is 1360. The van der Waals surface area contributed by atoms with Crippen molar-refractivity contribution >= 4 is 56.9 Å². The number of benzene rings is 3. The second-order valence-electron chi connectivity index (χ2n) is 9.81. The quantitative estimate of drug-likeness (QED) is 0.116. The van der Waals surface area contributed by atoms with Gasteiger partial charge in [0.25, 0.3) is 17.7 Å². The van der Waals surface area contributed by atoms with Crippen LogP contribution in [0.15, 0.2) is 84.9 Å². The molecule has 3 amide bonds. The van der Waals surface area contributed by atoms with Gasteiger partial charge in [-0.05, 0) is 58.8 Å². The second kappa shape index (κ2) is 10.7. The van der Waals surface area contributed by atoms with Crippen molar-refractivity contribution in [3.8, 4) is 0 Å². The minimum absolute atomic E-state index is 0.207. The summed E-state index contributed by atoms with van der Waals surface area (Å²) in [5.74, 6) is -2.55. The fraction of sp³-hybridized carbons (Fsp3) is 0.241. The van der Waals surface area contributed by atoms with Crippen LogP contribution in [0.1, 0.15) is 51.8 Å². The fourth-order valence-electron chi connectivity index (χ4n) is 4.96. The Hall–Kier alpha value is -3.33. The molecule has 0 saturated carbocycles. The number of ether oxygens (including phenoxy) is 1. The van der Waals surface area contributed by atoms with Crippen molar-refractivity contribution in [1.29, 1.82) is 0 Å². The molecule has 39 heavy (non-hydrogen) atoms. The van der Waals surface area contributed by atoms with Gasteiger partial charge in [-0.25, -0.2) is 4.79 Å². The van der Waals surface area contributed by atoms with Gasteiger partial charge in [0.05, 0.1) is 15.9 Å². The Morgan fingerprint density at radius 1 is 0.846 bits per heavy atom. The summed E-state index contributed by atoms with van der Waals surface area (Å²) in [5, 5.41) is 0. The summed E-state index contributed by atoms with van der Waals surface area (Å²) in [7, 11) is 7.06. The average Bonchev–Trinajstić information content (AvgIpc) is 3.20. The molecule has 3 atom stereocenters. The fourth-order valence-corrected chi connectivity index (χ4v) is 5.94. The van der Waals surface area contributed by atoms with Crippen LogP contribution in [0, 0.1) is 0 Å². The van der Waals surface area contributed by atoms with E-state index in [1.807, 2.05) is 60.7 Å². The van der Waals surface area contributed by atoms with Gasteiger partial charge < -0.3 is 9.64 Å². The maximum atomic E-state index is 13.9. The lowest BCUT2D eigenvalue weighted by atomic mass is 9.93. The van der Waals surface area contributed by atoms with E-state index in [9.17, 15) is 19.2 Å². The number of halogens is 2. The van der Waals surface area contributed by atoms with E-state index in [0.29, 0.717) is 0 Å². The summed E-state index contributed by atoms with van der Waals surface area (Å²) in [6, 6.07) is 22.3. The highest BCUT2D eigenvalue weighted by Gasteiger charge is 2.61. The number of likely N-dealkylation sites (tertiary alicyclic amines) is 1. The Balaban J connectivity index is 1.44. The largest absolute Gasteiger partial charge is 0.451 e. The number of hydrogen-bond donors (Lipinski definition) is 0. The minimum atomic E-state index is -1.26. The van der Waals surface area contributed by atoms with Crippen LogP contribution in [0.2, 0.25) is 0 Å². The van der Waals surface area contributed by atoms with Gasteiger partial charge in [-0.2, -0.15) is 0 Å². The summed E-state index contributed by atoms with van der Waals surface area (Å²) >= 11 is 6.70. The van der Waals surface area contributed by atoms with Gasteiger partial charge in [-0.1, -0.05) is 84.4 Å². The molecule has 3 aromatic rings. The van der Waals surface area contributed by atoms with E-state index >= 15 is 0 Å². The lowest BCUT2D eigenvalue weighted by Gasteiger charge is -2.52.